The van der Waals surface area contributed by atoms with Gasteiger partial charge < -0.3 is 0 Å². The zero-order valence-corrected chi connectivity index (χ0v) is 15.5. The fraction of sp³-hybridized carbons (Fsp3) is 0.278. The minimum Gasteiger partial charge on any atom is -0.293 e. The summed E-state index contributed by atoms with van der Waals surface area (Å²) >= 11 is 6.02. The van der Waals surface area contributed by atoms with Crippen LogP contribution in [-0.4, -0.2) is 56.1 Å². The van der Waals surface area contributed by atoms with Gasteiger partial charge >= 0.3 is 0 Å². The van der Waals surface area contributed by atoms with E-state index >= 15 is 0 Å². The minimum atomic E-state index is -3.65. The van der Waals surface area contributed by atoms with E-state index in [1.165, 1.54) is 34.6 Å². The summed E-state index contributed by atoms with van der Waals surface area (Å²) in [5, 5.41) is 0.196. The molecule has 2 aromatic rings. The molecule has 1 saturated heterocycles. The molecule has 1 aliphatic heterocycles. The van der Waals surface area contributed by atoms with Crippen molar-refractivity contribution in [2.75, 3.05) is 32.7 Å². The molecule has 0 amide bonds. The van der Waals surface area contributed by atoms with E-state index in [0.717, 1.165) is 0 Å². The second-order valence-corrected chi connectivity index (χ2v) is 8.35. The number of piperazine rings is 1. The number of halogens is 2. The first-order valence-corrected chi connectivity index (χ1v) is 9.95. The highest BCUT2D eigenvalue weighted by atomic mass is 35.5. The standard InChI is InChI=1S/C18H18ClFN2O3S/c19-16-3-1-2-4-18(16)26(24,25)22-11-9-21(10-12-22)13-17(23)14-5-7-15(20)8-6-14/h1-8H,9-13H2. The van der Waals surface area contributed by atoms with Crippen LogP contribution < -0.4 is 0 Å². The molecule has 0 unspecified atom stereocenters. The molecule has 5 nitrogen and oxygen atoms in total. The number of carbonyl (C=O) groups is 1. The largest absolute Gasteiger partial charge is 0.293 e. The third kappa shape index (κ3) is 4.12. The van der Waals surface area contributed by atoms with E-state index in [1.54, 1.807) is 18.2 Å². The average Bonchev–Trinajstić information content (AvgIpc) is 2.63. The lowest BCUT2D eigenvalue weighted by atomic mass is 10.1. The van der Waals surface area contributed by atoms with E-state index in [1.807, 2.05) is 4.90 Å². The third-order valence-electron chi connectivity index (χ3n) is 4.32. The Morgan fingerprint density at radius 1 is 1.00 bits per heavy atom. The Morgan fingerprint density at radius 3 is 2.23 bits per heavy atom. The van der Waals surface area contributed by atoms with Gasteiger partial charge in [-0.3, -0.25) is 9.69 Å². The number of benzene rings is 2. The number of hydrogen-bond donors (Lipinski definition) is 0. The van der Waals surface area contributed by atoms with Crippen molar-refractivity contribution in [3.63, 3.8) is 0 Å². The molecule has 0 radical (unpaired) electrons. The second kappa shape index (κ2) is 7.84. The van der Waals surface area contributed by atoms with Gasteiger partial charge in [0, 0.05) is 31.7 Å². The Bertz CT molecular complexity index is 895. The highest BCUT2D eigenvalue weighted by molar-refractivity contribution is 7.89. The van der Waals surface area contributed by atoms with Crippen molar-refractivity contribution in [1.29, 1.82) is 0 Å². The average molecular weight is 397 g/mol. The van der Waals surface area contributed by atoms with E-state index in [4.69, 9.17) is 11.6 Å². The van der Waals surface area contributed by atoms with Crippen LogP contribution in [0.25, 0.3) is 0 Å². The molecule has 0 saturated carbocycles. The molecule has 138 valence electrons. The molecule has 26 heavy (non-hydrogen) atoms. The Labute approximate surface area is 157 Å². The van der Waals surface area contributed by atoms with Crippen LogP contribution in [0, 0.1) is 5.82 Å². The second-order valence-electron chi connectivity index (χ2n) is 6.04. The molecular weight excluding hydrogens is 379 g/mol. The van der Waals surface area contributed by atoms with E-state index in [0.29, 0.717) is 18.7 Å². The first kappa shape index (κ1) is 19.0. The first-order valence-electron chi connectivity index (χ1n) is 8.14. The van der Waals surface area contributed by atoms with E-state index in [2.05, 4.69) is 0 Å². The van der Waals surface area contributed by atoms with Gasteiger partial charge in [0.1, 0.15) is 10.7 Å². The van der Waals surface area contributed by atoms with Gasteiger partial charge in [0.05, 0.1) is 11.6 Å². The quantitative estimate of drug-likeness (QED) is 0.729. The van der Waals surface area contributed by atoms with E-state index in [-0.39, 0.29) is 41.2 Å². The van der Waals surface area contributed by atoms with Crippen molar-refractivity contribution in [3.8, 4) is 0 Å². The van der Waals surface area contributed by atoms with Crippen LogP contribution in [0.3, 0.4) is 0 Å². The molecule has 1 fully saturated rings. The fourth-order valence-electron chi connectivity index (χ4n) is 2.85. The predicted octanol–water partition coefficient (Wildman–Crippen LogP) is 2.67. The van der Waals surface area contributed by atoms with Crippen molar-refractivity contribution in [2.45, 2.75) is 4.90 Å². The van der Waals surface area contributed by atoms with Gasteiger partial charge in [-0.2, -0.15) is 4.31 Å². The van der Waals surface area contributed by atoms with Crippen LogP contribution in [0.1, 0.15) is 10.4 Å². The molecule has 0 bridgehead atoms. The van der Waals surface area contributed by atoms with E-state index < -0.39 is 10.0 Å². The van der Waals surface area contributed by atoms with Crippen molar-refractivity contribution in [2.24, 2.45) is 0 Å². The van der Waals surface area contributed by atoms with Gasteiger partial charge in [-0.25, -0.2) is 12.8 Å². The lowest BCUT2D eigenvalue weighted by Crippen LogP contribution is -2.49. The van der Waals surface area contributed by atoms with Gasteiger partial charge in [0.25, 0.3) is 0 Å². The maximum atomic E-state index is 12.9. The van der Waals surface area contributed by atoms with Gasteiger partial charge in [-0.1, -0.05) is 23.7 Å². The predicted molar refractivity (Wildman–Crippen MR) is 97.4 cm³/mol. The van der Waals surface area contributed by atoms with Gasteiger partial charge in [-0.15, -0.1) is 0 Å². The number of nitrogens with zero attached hydrogens (tertiary/aromatic N) is 2. The summed E-state index contributed by atoms with van der Waals surface area (Å²) < 4.78 is 39.7. The summed E-state index contributed by atoms with van der Waals surface area (Å²) in [7, 11) is -3.65. The van der Waals surface area contributed by atoms with E-state index in [9.17, 15) is 17.6 Å². The lowest BCUT2D eigenvalue weighted by molar-refractivity contribution is 0.0901. The molecule has 0 aromatic heterocycles. The molecule has 8 heteroatoms. The third-order valence-corrected chi connectivity index (χ3v) is 6.72. The zero-order chi connectivity index (χ0) is 18.7. The van der Waals surface area contributed by atoms with Gasteiger partial charge in [0.2, 0.25) is 10.0 Å². The number of ketones is 1. The summed E-state index contributed by atoms with van der Waals surface area (Å²) in [6, 6.07) is 11.8. The summed E-state index contributed by atoms with van der Waals surface area (Å²) in [6.45, 7) is 1.62. The summed E-state index contributed by atoms with van der Waals surface area (Å²) in [6.07, 6.45) is 0. The Balaban J connectivity index is 1.61. The zero-order valence-electron chi connectivity index (χ0n) is 13.9. The molecular formula is C18H18ClFN2O3S. The Morgan fingerprint density at radius 2 is 1.62 bits per heavy atom. The first-order chi connectivity index (χ1) is 12.4. The van der Waals surface area contributed by atoms with Crippen molar-refractivity contribution in [3.05, 3.63) is 64.9 Å². The number of Topliss-reactive ketones (excluding diaryl/α,β-unsaturated/α-hetero) is 1. The van der Waals surface area contributed by atoms with Crippen molar-refractivity contribution >= 4 is 27.4 Å². The number of sulfonamides is 1. The molecule has 0 aliphatic carbocycles. The minimum absolute atomic E-state index is 0.0949. The van der Waals surface area contributed by atoms with Crippen LogP contribution in [0.2, 0.25) is 5.02 Å². The molecule has 1 heterocycles. The molecule has 0 N–H and O–H groups in total. The highest BCUT2D eigenvalue weighted by Crippen LogP contribution is 2.25. The van der Waals surface area contributed by atoms with Crippen LogP contribution in [0.15, 0.2) is 53.4 Å². The van der Waals surface area contributed by atoms with Crippen LogP contribution in [0.5, 0.6) is 0 Å². The SMILES string of the molecule is O=C(CN1CCN(S(=O)(=O)c2ccccc2Cl)CC1)c1ccc(F)cc1. The number of hydrogen-bond acceptors (Lipinski definition) is 4. The molecule has 3 rings (SSSR count). The van der Waals surface area contributed by atoms with Crippen molar-refractivity contribution in [1.82, 2.24) is 9.21 Å². The molecule has 1 aliphatic rings. The lowest BCUT2D eigenvalue weighted by Gasteiger charge is -2.33. The molecule has 0 spiro atoms. The van der Waals surface area contributed by atoms with Crippen LogP contribution in [0.4, 0.5) is 4.39 Å². The smallest absolute Gasteiger partial charge is 0.244 e. The Hall–Kier alpha value is -1.80. The van der Waals surface area contributed by atoms with Gasteiger partial charge in [-0.05, 0) is 36.4 Å². The van der Waals surface area contributed by atoms with Crippen LogP contribution in [-0.2, 0) is 10.0 Å². The highest BCUT2D eigenvalue weighted by Gasteiger charge is 2.30. The topological polar surface area (TPSA) is 57.7 Å². The summed E-state index contributed by atoms with van der Waals surface area (Å²) in [5.74, 6) is -0.507. The summed E-state index contributed by atoms with van der Waals surface area (Å²) in [4.78, 5) is 14.2. The summed E-state index contributed by atoms with van der Waals surface area (Å²) in [5.41, 5.74) is 0.442. The normalized spacial score (nSPS) is 16.5. The number of rotatable bonds is 5. The van der Waals surface area contributed by atoms with Crippen LogP contribution >= 0.6 is 11.6 Å². The Kier molecular flexibility index (Phi) is 5.72. The van der Waals surface area contributed by atoms with Gasteiger partial charge in [0.15, 0.2) is 5.78 Å². The monoisotopic (exact) mass is 396 g/mol. The maximum Gasteiger partial charge on any atom is 0.244 e. The molecule has 0 atom stereocenters. The molecule has 2 aromatic carbocycles. The fourth-order valence-corrected chi connectivity index (χ4v) is 4.77. The number of carbonyl (C=O) groups excluding carboxylic acids is 1. The maximum absolute atomic E-state index is 12.9. The van der Waals surface area contributed by atoms with Crippen molar-refractivity contribution < 1.29 is 17.6 Å².